The molecule has 6 nitrogen and oxygen atoms in total. The number of carbonyl (C=O) groups excluding carboxylic acids is 2. The number of likely N-dealkylation sites (N-methyl/N-ethyl adjacent to an activating group) is 2. The summed E-state index contributed by atoms with van der Waals surface area (Å²) < 4.78 is 5.09. The molecule has 0 atom stereocenters. The Morgan fingerprint density at radius 1 is 1.09 bits per heavy atom. The topological polar surface area (TPSA) is 61.9 Å². The molecule has 0 saturated heterocycles. The quantitative estimate of drug-likeness (QED) is 0.740. The highest BCUT2D eigenvalue weighted by Crippen LogP contribution is 2.10. The fraction of sp³-hybridized carbons (Fsp3) is 0.529. The molecule has 128 valence electrons. The Hall–Kier alpha value is -2.08. The van der Waals surface area contributed by atoms with Crippen LogP contribution in [0, 0.1) is 0 Å². The molecular formula is C17H27N3O3. The van der Waals surface area contributed by atoms with E-state index in [0.717, 1.165) is 11.3 Å². The number of nitrogens with zero attached hydrogens (tertiary/aromatic N) is 2. The van der Waals surface area contributed by atoms with Crippen molar-refractivity contribution in [2.45, 2.75) is 20.4 Å². The van der Waals surface area contributed by atoms with Crippen LogP contribution in [0.4, 0.5) is 0 Å². The Bertz CT molecular complexity index is 498. The van der Waals surface area contributed by atoms with E-state index < -0.39 is 0 Å². The molecule has 1 aromatic rings. The number of amides is 2. The normalized spacial score (nSPS) is 10.5. The largest absolute Gasteiger partial charge is 0.497 e. The van der Waals surface area contributed by atoms with Crippen molar-refractivity contribution in [1.29, 1.82) is 0 Å². The Labute approximate surface area is 138 Å². The maximum atomic E-state index is 12.0. The van der Waals surface area contributed by atoms with E-state index in [1.54, 1.807) is 24.0 Å². The predicted octanol–water partition coefficient (Wildman–Crippen LogP) is 1.11. The van der Waals surface area contributed by atoms with Gasteiger partial charge in [-0.1, -0.05) is 12.1 Å². The zero-order chi connectivity index (χ0) is 17.2. The van der Waals surface area contributed by atoms with Gasteiger partial charge in [-0.15, -0.1) is 0 Å². The molecule has 0 spiro atoms. The van der Waals surface area contributed by atoms with Crippen LogP contribution in [0.5, 0.6) is 5.75 Å². The molecule has 0 aliphatic rings. The molecule has 23 heavy (non-hydrogen) atoms. The lowest BCUT2D eigenvalue weighted by Crippen LogP contribution is -2.42. The molecule has 0 fully saturated rings. The van der Waals surface area contributed by atoms with E-state index >= 15 is 0 Å². The smallest absolute Gasteiger partial charge is 0.236 e. The molecule has 0 heterocycles. The van der Waals surface area contributed by atoms with Crippen LogP contribution in [0.3, 0.4) is 0 Å². The second-order valence-corrected chi connectivity index (χ2v) is 5.36. The molecule has 6 heteroatoms. The molecule has 0 aliphatic heterocycles. The van der Waals surface area contributed by atoms with Crippen molar-refractivity contribution in [3.63, 3.8) is 0 Å². The molecule has 0 bridgehead atoms. The number of nitrogens with one attached hydrogen (secondary N) is 1. The third-order valence-corrected chi connectivity index (χ3v) is 3.58. The second-order valence-electron chi connectivity index (χ2n) is 5.36. The minimum absolute atomic E-state index is 0.0421. The average molecular weight is 321 g/mol. The van der Waals surface area contributed by atoms with Crippen molar-refractivity contribution in [3.8, 4) is 5.75 Å². The molecule has 0 saturated carbocycles. The number of ether oxygens (including phenoxy) is 1. The Balaban J connectivity index is 2.36. The van der Waals surface area contributed by atoms with Crippen molar-refractivity contribution in [1.82, 2.24) is 15.1 Å². The van der Waals surface area contributed by atoms with Crippen LogP contribution in [0.1, 0.15) is 19.4 Å². The highest BCUT2D eigenvalue weighted by molar-refractivity contribution is 5.81. The zero-order valence-corrected chi connectivity index (χ0v) is 14.5. The van der Waals surface area contributed by atoms with Gasteiger partial charge in [0.05, 0.1) is 20.2 Å². The summed E-state index contributed by atoms with van der Waals surface area (Å²) in [6.45, 7) is 6.17. The van der Waals surface area contributed by atoms with Gasteiger partial charge in [-0.05, 0) is 38.6 Å². The molecule has 0 radical (unpaired) electrons. The third kappa shape index (κ3) is 6.69. The lowest BCUT2D eigenvalue weighted by Gasteiger charge is -2.22. The highest BCUT2D eigenvalue weighted by Gasteiger charge is 2.14. The highest BCUT2D eigenvalue weighted by atomic mass is 16.5. The van der Waals surface area contributed by atoms with Gasteiger partial charge in [0.1, 0.15) is 5.75 Å². The van der Waals surface area contributed by atoms with Gasteiger partial charge in [0.15, 0.2) is 0 Å². The van der Waals surface area contributed by atoms with Crippen LogP contribution >= 0.6 is 0 Å². The van der Waals surface area contributed by atoms with Crippen LogP contribution in [0.15, 0.2) is 24.3 Å². The summed E-state index contributed by atoms with van der Waals surface area (Å²) in [5, 5.41) is 2.85. The summed E-state index contributed by atoms with van der Waals surface area (Å²) in [5.74, 6) is 0.728. The standard InChI is InChI=1S/C17H27N3O3/c1-5-20(6-2)17(22)13-19(3)12-16(21)18-11-14-7-9-15(23-4)10-8-14/h7-10H,5-6,11-13H2,1-4H3,(H,18,21). The van der Waals surface area contributed by atoms with Crippen molar-refractivity contribution >= 4 is 11.8 Å². The SMILES string of the molecule is CCN(CC)C(=O)CN(C)CC(=O)NCc1ccc(OC)cc1. The van der Waals surface area contributed by atoms with Crippen LogP contribution in [-0.2, 0) is 16.1 Å². The number of hydrogen-bond donors (Lipinski definition) is 1. The van der Waals surface area contributed by atoms with Gasteiger partial charge in [0.25, 0.3) is 0 Å². The van der Waals surface area contributed by atoms with Gasteiger partial charge in [0, 0.05) is 19.6 Å². The Morgan fingerprint density at radius 2 is 1.70 bits per heavy atom. The first-order valence-corrected chi connectivity index (χ1v) is 7.86. The van der Waals surface area contributed by atoms with E-state index in [1.807, 2.05) is 38.1 Å². The van der Waals surface area contributed by atoms with Gasteiger partial charge in [-0.2, -0.15) is 0 Å². The summed E-state index contributed by atoms with van der Waals surface area (Å²) in [7, 11) is 3.39. The van der Waals surface area contributed by atoms with Crippen LogP contribution < -0.4 is 10.1 Å². The first-order valence-electron chi connectivity index (χ1n) is 7.86. The van der Waals surface area contributed by atoms with Gasteiger partial charge in [-0.3, -0.25) is 14.5 Å². The number of benzene rings is 1. The van der Waals surface area contributed by atoms with E-state index in [1.165, 1.54) is 0 Å². The van der Waals surface area contributed by atoms with Crippen LogP contribution in [0.25, 0.3) is 0 Å². The monoisotopic (exact) mass is 321 g/mol. The van der Waals surface area contributed by atoms with Crippen molar-refractivity contribution < 1.29 is 14.3 Å². The van der Waals surface area contributed by atoms with E-state index in [-0.39, 0.29) is 24.9 Å². The molecule has 1 rings (SSSR count). The lowest BCUT2D eigenvalue weighted by atomic mass is 10.2. The fourth-order valence-electron chi connectivity index (χ4n) is 2.21. The van der Waals surface area contributed by atoms with E-state index in [4.69, 9.17) is 4.74 Å². The van der Waals surface area contributed by atoms with Crippen molar-refractivity contribution in [2.75, 3.05) is 40.3 Å². The van der Waals surface area contributed by atoms with E-state index in [2.05, 4.69) is 5.32 Å². The van der Waals surface area contributed by atoms with Crippen molar-refractivity contribution in [2.24, 2.45) is 0 Å². The Morgan fingerprint density at radius 3 is 2.22 bits per heavy atom. The molecule has 2 amide bonds. The van der Waals surface area contributed by atoms with E-state index in [9.17, 15) is 9.59 Å². The summed E-state index contributed by atoms with van der Waals surface area (Å²) >= 11 is 0. The molecule has 1 aromatic carbocycles. The third-order valence-electron chi connectivity index (χ3n) is 3.58. The number of rotatable bonds is 9. The zero-order valence-electron chi connectivity index (χ0n) is 14.5. The molecule has 1 N–H and O–H groups in total. The van der Waals surface area contributed by atoms with E-state index in [0.29, 0.717) is 19.6 Å². The minimum Gasteiger partial charge on any atom is -0.497 e. The molecule has 0 unspecified atom stereocenters. The fourth-order valence-corrected chi connectivity index (χ4v) is 2.21. The average Bonchev–Trinajstić information content (AvgIpc) is 2.54. The number of hydrogen-bond acceptors (Lipinski definition) is 4. The first kappa shape index (κ1) is 19.0. The van der Waals surface area contributed by atoms with Gasteiger partial charge in [-0.25, -0.2) is 0 Å². The summed E-state index contributed by atoms with van der Waals surface area (Å²) in [6.07, 6.45) is 0. The summed E-state index contributed by atoms with van der Waals surface area (Å²) in [6, 6.07) is 7.53. The van der Waals surface area contributed by atoms with Gasteiger partial charge >= 0.3 is 0 Å². The summed E-state index contributed by atoms with van der Waals surface area (Å²) in [5.41, 5.74) is 1.00. The lowest BCUT2D eigenvalue weighted by molar-refractivity contribution is -0.132. The first-order chi connectivity index (χ1) is 11.0. The molecule has 0 aliphatic carbocycles. The van der Waals surface area contributed by atoms with Crippen LogP contribution in [-0.4, -0.2) is 62.0 Å². The number of methoxy groups -OCH3 is 1. The Kier molecular flexibility index (Phi) is 8.11. The maximum absolute atomic E-state index is 12.0. The summed E-state index contributed by atoms with van der Waals surface area (Å²) in [4.78, 5) is 27.4. The minimum atomic E-state index is -0.101. The second kappa shape index (κ2) is 9.84. The molecular weight excluding hydrogens is 294 g/mol. The van der Waals surface area contributed by atoms with Gasteiger partial charge < -0.3 is 15.0 Å². The number of carbonyl (C=O) groups is 2. The van der Waals surface area contributed by atoms with Gasteiger partial charge in [0.2, 0.25) is 11.8 Å². The predicted molar refractivity (Wildman–Crippen MR) is 90.3 cm³/mol. The maximum Gasteiger partial charge on any atom is 0.236 e. The molecule has 0 aromatic heterocycles. The van der Waals surface area contributed by atoms with Crippen LogP contribution in [0.2, 0.25) is 0 Å². The van der Waals surface area contributed by atoms with Crippen molar-refractivity contribution in [3.05, 3.63) is 29.8 Å².